The van der Waals surface area contributed by atoms with E-state index in [0.29, 0.717) is 28.3 Å². The molecule has 0 bridgehead atoms. The number of methoxy groups -OCH3 is 2. The van der Waals surface area contributed by atoms with E-state index in [0.717, 1.165) is 28.5 Å². The predicted octanol–water partition coefficient (Wildman–Crippen LogP) is 7.59. The Morgan fingerprint density at radius 3 is 1.91 bits per heavy atom. The summed E-state index contributed by atoms with van der Waals surface area (Å²) < 4.78 is 13.6. The van der Waals surface area contributed by atoms with Gasteiger partial charge in [0.2, 0.25) is 4.47 Å². The molecule has 188 valence electrons. The fourth-order valence-corrected chi connectivity index (χ4v) is 3.01. The zero-order valence-corrected chi connectivity index (χ0v) is 24.2. The average molecular weight is 627 g/mol. The van der Waals surface area contributed by atoms with Crippen LogP contribution in [0.3, 0.4) is 0 Å². The van der Waals surface area contributed by atoms with E-state index in [1.165, 1.54) is 11.5 Å². The molecule has 0 unspecified atom stereocenters. The first-order chi connectivity index (χ1) is 15.6. The molecule has 3 aromatic rings. The first kappa shape index (κ1) is 33.2. The highest BCUT2D eigenvalue weighted by Crippen LogP contribution is 2.41. The van der Waals surface area contributed by atoms with Gasteiger partial charge in [-0.1, -0.05) is 71.2 Å². The fourth-order valence-electron chi connectivity index (χ4n) is 2.38. The minimum atomic E-state index is -1.36. The van der Waals surface area contributed by atoms with Crippen molar-refractivity contribution in [1.82, 2.24) is 9.36 Å². The fraction of sp³-hybridized carbons (Fsp3) is 0.250. The summed E-state index contributed by atoms with van der Waals surface area (Å²) in [6, 6.07) is 15.4. The van der Waals surface area contributed by atoms with Crippen LogP contribution in [-0.4, -0.2) is 32.5 Å². The largest absolute Gasteiger partial charge is 0.496 e. The van der Waals surface area contributed by atoms with Gasteiger partial charge in [0.15, 0.2) is 0 Å². The van der Waals surface area contributed by atoms with Crippen LogP contribution in [-0.2, 0) is 12.8 Å². The number of aromatic nitrogens is 2. The second kappa shape index (κ2) is 17.6. The molecule has 0 atom stereocenters. The van der Waals surface area contributed by atoms with Crippen molar-refractivity contribution in [3.05, 3.63) is 69.9 Å². The van der Waals surface area contributed by atoms with Crippen molar-refractivity contribution in [1.29, 1.82) is 5.41 Å². The Hall–Kier alpha value is -0.840. The summed E-state index contributed by atoms with van der Waals surface area (Å²) in [7, 11) is 8.91. The maximum Gasteiger partial charge on any atom is 0.251 e. The lowest BCUT2D eigenvalue weighted by atomic mass is 10.1. The third kappa shape index (κ3) is 13.9. The van der Waals surface area contributed by atoms with Crippen LogP contribution in [0, 0.1) is 5.41 Å². The Bertz CT molecular complexity index is 1000. The quantitative estimate of drug-likeness (QED) is 0.166. The molecular weight excluding hydrogens is 605 g/mol. The number of nitrogens with two attached hydrogens (primary N) is 1. The number of hydrogen-bond donors (Lipinski definition) is 2. The second-order valence-electron chi connectivity index (χ2n) is 5.99. The van der Waals surface area contributed by atoms with Crippen LogP contribution in [0.25, 0.3) is 0 Å². The number of ether oxygens (including phenoxy) is 2. The van der Waals surface area contributed by atoms with Gasteiger partial charge < -0.3 is 15.2 Å². The van der Waals surface area contributed by atoms with Gasteiger partial charge >= 0.3 is 0 Å². The molecule has 2 aromatic carbocycles. The zero-order chi connectivity index (χ0) is 24.9. The Labute approximate surface area is 238 Å². The zero-order valence-electron chi connectivity index (χ0n) is 17.9. The number of halogens is 6. The lowest BCUT2D eigenvalue weighted by Crippen LogP contribution is -2.13. The summed E-state index contributed by atoms with van der Waals surface area (Å²) in [4.78, 5) is 4.10. The van der Waals surface area contributed by atoms with Crippen molar-refractivity contribution in [2.24, 2.45) is 5.73 Å². The van der Waals surface area contributed by atoms with Crippen LogP contribution in [0.2, 0.25) is 4.47 Å². The number of para-hydroxylation sites is 2. The van der Waals surface area contributed by atoms with Gasteiger partial charge in [0.1, 0.15) is 17.3 Å². The van der Waals surface area contributed by atoms with Crippen molar-refractivity contribution in [3.8, 4) is 11.5 Å². The lowest BCUT2D eigenvalue weighted by Gasteiger charge is -2.05. The van der Waals surface area contributed by atoms with Crippen LogP contribution in [0.15, 0.2) is 48.5 Å². The van der Waals surface area contributed by atoms with Crippen LogP contribution in [0.1, 0.15) is 17.0 Å². The van der Waals surface area contributed by atoms with Gasteiger partial charge in [0, 0.05) is 34.9 Å². The SMILES string of the molecule is COc1ccccc1CC(=N)N.COc1ccccc1Cc1nsc(Cl)n1.Cl.ClSC(Cl)(Cl)Cl. The van der Waals surface area contributed by atoms with E-state index >= 15 is 0 Å². The van der Waals surface area contributed by atoms with Crippen LogP contribution >= 0.6 is 92.0 Å². The number of rotatable bonds is 6. The second-order valence-corrected chi connectivity index (χ2v) is 11.5. The summed E-state index contributed by atoms with van der Waals surface area (Å²) in [5.74, 6) is 2.52. The lowest BCUT2D eigenvalue weighted by molar-refractivity contribution is 0.410. The highest BCUT2D eigenvalue weighted by atomic mass is 35.7. The normalized spacial score (nSPS) is 9.97. The molecule has 0 spiro atoms. The minimum Gasteiger partial charge on any atom is -0.496 e. The average Bonchev–Trinajstić information content (AvgIpc) is 3.19. The van der Waals surface area contributed by atoms with E-state index < -0.39 is 3.12 Å². The van der Waals surface area contributed by atoms with Gasteiger partial charge in [-0.2, -0.15) is 4.37 Å². The van der Waals surface area contributed by atoms with E-state index in [2.05, 4.69) is 9.36 Å². The highest BCUT2D eigenvalue weighted by molar-refractivity contribution is 8.24. The van der Waals surface area contributed by atoms with E-state index in [1.54, 1.807) is 14.2 Å². The predicted molar refractivity (Wildman–Crippen MR) is 150 cm³/mol. The smallest absolute Gasteiger partial charge is 0.251 e. The number of hydrogen-bond acceptors (Lipinski definition) is 7. The molecule has 6 nitrogen and oxygen atoms in total. The summed E-state index contributed by atoms with van der Waals surface area (Å²) >= 11 is 22.2. The van der Waals surface area contributed by atoms with E-state index in [9.17, 15) is 0 Å². The number of amidine groups is 1. The van der Waals surface area contributed by atoms with Gasteiger partial charge in [-0.05, 0) is 45.9 Å². The summed E-state index contributed by atoms with van der Waals surface area (Å²) in [6.07, 6.45) is 1.09. The van der Waals surface area contributed by atoms with Gasteiger partial charge in [0.05, 0.1) is 20.1 Å². The van der Waals surface area contributed by atoms with Crippen molar-refractivity contribution in [2.45, 2.75) is 16.0 Å². The molecule has 1 aromatic heterocycles. The molecule has 0 amide bonds. The van der Waals surface area contributed by atoms with Crippen molar-refractivity contribution in [2.75, 3.05) is 14.2 Å². The minimum absolute atomic E-state index is 0. The molecule has 0 saturated carbocycles. The van der Waals surface area contributed by atoms with Gasteiger partial charge in [-0.15, -0.1) is 12.4 Å². The van der Waals surface area contributed by atoms with Gasteiger partial charge in [0.25, 0.3) is 3.12 Å². The van der Waals surface area contributed by atoms with Crippen LogP contribution < -0.4 is 15.2 Å². The Morgan fingerprint density at radius 2 is 1.50 bits per heavy atom. The standard InChI is InChI=1S/C10H9ClN2OS.C9H12N2O.CCl4S.ClH/c1-14-8-5-3-2-4-7(8)6-9-12-10(11)15-13-9;1-12-8-5-3-2-4-7(8)6-9(10)11;2-1(3,4)6-5;/h2-5H,6H2,1H3;2-5H,6H2,1H3,(H3,10,11);;1H. The maximum absolute atomic E-state index is 7.13. The van der Waals surface area contributed by atoms with Gasteiger partial charge in [-0.3, -0.25) is 5.41 Å². The van der Waals surface area contributed by atoms with E-state index in [1.807, 2.05) is 48.5 Å². The first-order valence-corrected chi connectivity index (χ1v) is 12.9. The number of nitrogens with one attached hydrogen (secondary N) is 1. The Morgan fingerprint density at radius 1 is 1.03 bits per heavy atom. The molecule has 3 N–H and O–H groups in total. The molecular formula is C20H22Cl6N4O2S2. The molecule has 0 aliphatic heterocycles. The number of benzene rings is 2. The summed E-state index contributed by atoms with van der Waals surface area (Å²) in [5, 5.41) is 7.13. The Kier molecular flexibility index (Phi) is 17.1. The van der Waals surface area contributed by atoms with Crippen molar-refractivity contribution in [3.63, 3.8) is 0 Å². The summed E-state index contributed by atoms with van der Waals surface area (Å²) in [6.45, 7) is 0. The van der Waals surface area contributed by atoms with E-state index in [-0.39, 0.29) is 18.2 Å². The molecule has 14 heteroatoms. The van der Waals surface area contributed by atoms with Crippen molar-refractivity contribution < 1.29 is 9.47 Å². The molecule has 0 radical (unpaired) electrons. The third-order valence-corrected chi connectivity index (χ3v) is 6.76. The van der Waals surface area contributed by atoms with Crippen LogP contribution in [0.4, 0.5) is 0 Å². The summed E-state index contributed by atoms with van der Waals surface area (Å²) in [5.41, 5.74) is 7.29. The monoisotopic (exact) mass is 624 g/mol. The van der Waals surface area contributed by atoms with Crippen LogP contribution in [0.5, 0.6) is 11.5 Å². The number of nitrogens with zero attached hydrogens (tertiary/aromatic N) is 2. The Balaban J connectivity index is 0.000000517. The van der Waals surface area contributed by atoms with Crippen molar-refractivity contribution >= 4 is 97.8 Å². The molecule has 34 heavy (non-hydrogen) atoms. The molecule has 1 heterocycles. The maximum atomic E-state index is 7.13. The molecule has 3 rings (SSSR count). The molecule has 0 aliphatic rings. The third-order valence-electron chi connectivity index (χ3n) is 3.65. The topological polar surface area (TPSA) is 94.1 Å². The van der Waals surface area contributed by atoms with E-state index in [4.69, 9.17) is 77.7 Å². The molecule has 0 aliphatic carbocycles. The highest BCUT2D eigenvalue weighted by Gasteiger charge is 2.17. The van der Waals surface area contributed by atoms with Gasteiger partial charge in [-0.25, -0.2) is 4.98 Å². The first-order valence-electron chi connectivity index (χ1n) is 9.00. The molecule has 0 fully saturated rings. The molecule has 0 saturated heterocycles. The number of alkyl halides is 3.